The van der Waals surface area contributed by atoms with Crippen LogP contribution < -0.4 is 9.47 Å². The summed E-state index contributed by atoms with van der Waals surface area (Å²) in [6.07, 6.45) is 2.57. The van der Waals surface area contributed by atoms with Crippen molar-refractivity contribution in [2.45, 2.75) is 31.3 Å². The van der Waals surface area contributed by atoms with Gasteiger partial charge < -0.3 is 19.3 Å². The minimum atomic E-state index is -0.244. The van der Waals surface area contributed by atoms with Gasteiger partial charge in [-0.2, -0.15) is 0 Å². The molecule has 2 heterocycles. The minimum Gasteiger partial charge on any atom is -0.496 e. The number of benzene rings is 2. The van der Waals surface area contributed by atoms with E-state index in [0.29, 0.717) is 28.6 Å². The quantitative estimate of drug-likeness (QED) is 0.438. The van der Waals surface area contributed by atoms with Gasteiger partial charge in [-0.05, 0) is 66.1 Å². The minimum absolute atomic E-state index is 0.00820. The third-order valence-corrected chi connectivity index (χ3v) is 7.92. The second-order valence-electron chi connectivity index (χ2n) is 8.79. The monoisotopic (exact) mass is 510 g/mol. The maximum atomic E-state index is 13.8. The first kappa shape index (κ1) is 23.7. The predicted molar refractivity (Wildman–Crippen MR) is 137 cm³/mol. The molecule has 1 aromatic heterocycles. The van der Waals surface area contributed by atoms with Crippen LogP contribution in [0.5, 0.6) is 11.5 Å². The molecule has 35 heavy (non-hydrogen) atoms. The molecule has 1 aliphatic heterocycles. The summed E-state index contributed by atoms with van der Waals surface area (Å²) in [5.41, 5.74) is 2.51. The van der Waals surface area contributed by atoms with Crippen LogP contribution >= 0.6 is 22.9 Å². The van der Waals surface area contributed by atoms with Crippen LogP contribution in [-0.4, -0.2) is 55.0 Å². The van der Waals surface area contributed by atoms with Crippen molar-refractivity contribution in [1.82, 2.24) is 9.80 Å². The zero-order valence-electron chi connectivity index (χ0n) is 19.7. The lowest BCUT2D eigenvalue weighted by Gasteiger charge is -2.37. The fourth-order valence-corrected chi connectivity index (χ4v) is 5.81. The molecule has 2 aromatic carbocycles. The summed E-state index contributed by atoms with van der Waals surface area (Å²) in [5, 5.41) is 2.74. The van der Waals surface area contributed by atoms with Crippen molar-refractivity contribution in [3.8, 4) is 11.5 Å². The second kappa shape index (κ2) is 9.91. The number of rotatable bonds is 7. The lowest BCUT2D eigenvalue weighted by atomic mass is 9.93. The van der Waals surface area contributed by atoms with Gasteiger partial charge in [0.05, 0.1) is 20.3 Å². The number of methoxy groups -OCH3 is 2. The second-order valence-corrected chi connectivity index (χ2v) is 10.2. The van der Waals surface area contributed by atoms with E-state index in [1.165, 1.54) is 19.1 Å². The largest absolute Gasteiger partial charge is 0.496 e. The molecule has 0 radical (unpaired) electrons. The van der Waals surface area contributed by atoms with Crippen molar-refractivity contribution in [2.24, 2.45) is 0 Å². The summed E-state index contributed by atoms with van der Waals surface area (Å²) in [6.45, 7) is 0.610. The molecule has 1 unspecified atom stereocenters. The van der Waals surface area contributed by atoms with Gasteiger partial charge in [0.15, 0.2) is 0 Å². The Balaban J connectivity index is 1.45. The van der Waals surface area contributed by atoms with Gasteiger partial charge in [-0.15, -0.1) is 11.3 Å². The van der Waals surface area contributed by atoms with Gasteiger partial charge in [0.2, 0.25) is 5.91 Å². The van der Waals surface area contributed by atoms with Gasteiger partial charge >= 0.3 is 0 Å². The number of hydrogen-bond acceptors (Lipinski definition) is 5. The van der Waals surface area contributed by atoms with E-state index in [2.05, 4.69) is 11.4 Å². The molecule has 1 fully saturated rings. The Labute approximate surface area is 214 Å². The Morgan fingerprint density at radius 2 is 1.74 bits per heavy atom. The topological polar surface area (TPSA) is 59.1 Å². The Morgan fingerprint density at radius 3 is 2.37 bits per heavy atom. The van der Waals surface area contributed by atoms with Crippen molar-refractivity contribution in [2.75, 3.05) is 27.3 Å². The molecule has 8 heteroatoms. The van der Waals surface area contributed by atoms with E-state index in [1.807, 2.05) is 29.2 Å². The van der Waals surface area contributed by atoms with Crippen molar-refractivity contribution in [1.29, 1.82) is 0 Å². The molecule has 1 atom stereocenters. The lowest BCUT2D eigenvalue weighted by molar-refractivity contribution is -0.134. The van der Waals surface area contributed by atoms with Crippen molar-refractivity contribution < 1.29 is 19.1 Å². The number of carbonyl (C=O) groups is 2. The maximum Gasteiger partial charge on any atom is 0.262 e. The summed E-state index contributed by atoms with van der Waals surface area (Å²) >= 11 is 7.86. The number of hydrogen-bond donors (Lipinski definition) is 0. The summed E-state index contributed by atoms with van der Waals surface area (Å²) in [6, 6.07) is 14.9. The van der Waals surface area contributed by atoms with E-state index >= 15 is 0 Å². The molecule has 0 saturated heterocycles. The molecule has 0 bridgehead atoms. The van der Waals surface area contributed by atoms with E-state index in [1.54, 1.807) is 34.4 Å². The van der Waals surface area contributed by atoms with Crippen molar-refractivity contribution >= 4 is 34.8 Å². The van der Waals surface area contributed by atoms with Gasteiger partial charge in [0, 0.05) is 22.5 Å². The van der Waals surface area contributed by atoms with Crippen LogP contribution in [0.15, 0.2) is 53.9 Å². The Kier molecular flexibility index (Phi) is 6.71. The van der Waals surface area contributed by atoms with Crippen molar-refractivity contribution in [3.63, 3.8) is 0 Å². The fourth-order valence-electron chi connectivity index (χ4n) is 4.78. The first-order valence-corrected chi connectivity index (χ1v) is 12.9. The lowest BCUT2D eigenvalue weighted by Crippen LogP contribution is -2.47. The average molecular weight is 511 g/mol. The summed E-state index contributed by atoms with van der Waals surface area (Å²) in [7, 11) is 3.06. The normalized spacial score (nSPS) is 17.0. The molecule has 2 aliphatic rings. The molecule has 3 aromatic rings. The Bertz CT molecular complexity index is 1220. The van der Waals surface area contributed by atoms with Crippen LogP contribution in [0.3, 0.4) is 0 Å². The number of nitrogens with zero attached hydrogens (tertiary/aromatic N) is 2. The highest BCUT2D eigenvalue weighted by Crippen LogP contribution is 2.39. The molecule has 182 valence electrons. The molecular formula is C27H27ClN2O4S. The average Bonchev–Trinajstić information content (AvgIpc) is 3.61. The standard InChI is InChI=1S/C27H27ClN2O4S/c1-33-21-4-3-5-22(34-2)25(21)27(32)30(19-10-11-19)16-24(31)29-14-12-23-20(13-15-35-23)26(29)17-6-8-18(28)9-7-17/h3-9,13,15,19,26H,10-12,14,16H2,1-2H3. The fraction of sp³-hybridized carbons (Fsp3) is 0.333. The smallest absolute Gasteiger partial charge is 0.262 e. The number of thiophene rings is 1. The first-order chi connectivity index (χ1) is 17.0. The van der Waals surface area contributed by atoms with E-state index in [-0.39, 0.29) is 30.4 Å². The van der Waals surface area contributed by atoms with Gasteiger partial charge in [0.1, 0.15) is 23.6 Å². The number of ether oxygens (including phenoxy) is 2. The molecule has 0 spiro atoms. The molecular weight excluding hydrogens is 484 g/mol. The molecule has 6 nitrogen and oxygen atoms in total. The van der Waals surface area contributed by atoms with Crippen LogP contribution in [0.2, 0.25) is 5.02 Å². The van der Waals surface area contributed by atoms with E-state index < -0.39 is 0 Å². The van der Waals surface area contributed by atoms with Gasteiger partial charge in [0.25, 0.3) is 5.91 Å². The zero-order valence-corrected chi connectivity index (χ0v) is 21.3. The Morgan fingerprint density at radius 1 is 1.06 bits per heavy atom. The third-order valence-electron chi connectivity index (χ3n) is 6.67. The number of fused-ring (bicyclic) bond motifs is 1. The molecule has 1 aliphatic carbocycles. The van der Waals surface area contributed by atoms with Crippen LogP contribution in [0.25, 0.3) is 0 Å². The summed E-state index contributed by atoms with van der Waals surface area (Å²) in [5.74, 6) is 0.557. The molecule has 1 saturated carbocycles. The molecule has 5 rings (SSSR count). The van der Waals surface area contributed by atoms with Crippen LogP contribution in [0.1, 0.15) is 45.2 Å². The number of amides is 2. The molecule has 2 amide bonds. The Hall–Kier alpha value is -3.03. The highest BCUT2D eigenvalue weighted by molar-refractivity contribution is 7.10. The van der Waals surface area contributed by atoms with Crippen molar-refractivity contribution in [3.05, 3.63) is 80.5 Å². The van der Waals surface area contributed by atoms with Crippen LogP contribution in [0, 0.1) is 0 Å². The summed E-state index contributed by atoms with van der Waals surface area (Å²) in [4.78, 5) is 32.4. The predicted octanol–water partition coefficient (Wildman–Crippen LogP) is 5.20. The number of carbonyl (C=O) groups excluding carboxylic acids is 2. The SMILES string of the molecule is COc1cccc(OC)c1C(=O)N(CC(=O)N1CCc2sccc2C1c1ccc(Cl)cc1)C1CC1. The number of halogens is 1. The summed E-state index contributed by atoms with van der Waals surface area (Å²) < 4.78 is 10.9. The van der Waals surface area contributed by atoms with Gasteiger partial charge in [-0.25, -0.2) is 0 Å². The molecule has 0 N–H and O–H groups in total. The maximum absolute atomic E-state index is 13.8. The van der Waals surface area contributed by atoms with Crippen LogP contribution in [0.4, 0.5) is 0 Å². The van der Waals surface area contributed by atoms with Crippen LogP contribution in [-0.2, 0) is 11.2 Å². The van der Waals surface area contributed by atoms with E-state index in [9.17, 15) is 9.59 Å². The van der Waals surface area contributed by atoms with E-state index in [0.717, 1.165) is 30.4 Å². The van der Waals surface area contributed by atoms with Gasteiger partial charge in [-0.3, -0.25) is 9.59 Å². The zero-order chi connectivity index (χ0) is 24.5. The highest BCUT2D eigenvalue weighted by Gasteiger charge is 2.39. The first-order valence-electron chi connectivity index (χ1n) is 11.6. The van der Waals surface area contributed by atoms with E-state index in [4.69, 9.17) is 21.1 Å². The highest BCUT2D eigenvalue weighted by atomic mass is 35.5. The third kappa shape index (κ3) is 4.62. The van der Waals surface area contributed by atoms with Gasteiger partial charge in [-0.1, -0.05) is 29.8 Å².